The first kappa shape index (κ1) is 13.3. The second-order valence-electron chi connectivity index (χ2n) is 4.32. The smallest absolute Gasteiger partial charge is 0.222 e. The van der Waals surface area contributed by atoms with Crippen LogP contribution in [0.5, 0.6) is 0 Å². The lowest BCUT2D eigenvalue weighted by Crippen LogP contribution is -2.24. The summed E-state index contributed by atoms with van der Waals surface area (Å²) in [4.78, 5) is 11.7. The number of nitrogens with two attached hydrogens (primary N) is 1. The Bertz CT molecular complexity index is 505. The van der Waals surface area contributed by atoms with Crippen molar-refractivity contribution in [1.29, 1.82) is 0 Å². The molecule has 0 radical (unpaired) electrons. The molecule has 0 saturated carbocycles. The fraction of sp³-hybridized carbons (Fsp3) is 0.286. The summed E-state index contributed by atoms with van der Waals surface area (Å²) in [5.74, 6) is 0.0263. The van der Waals surface area contributed by atoms with Crippen LogP contribution in [0.2, 0.25) is 0 Å². The number of benzene rings is 1. The van der Waals surface area contributed by atoms with E-state index in [1.807, 2.05) is 36.5 Å². The molecule has 5 heteroatoms. The minimum absolute atomic E-state index is 0.0263. The van der Waals surface area contributed by atoms with E-state index in [9.17, 15) is 4.79 Å². The standard InChI is InChI=1S/C14H18N4O/c15-10-12-2-4-13(5-3-12)11-16-14(19)6-9-18-8-1-7-17-18/h1-5,7-8H,6,9-11,15H2,(H,16,19). The van der Waals surface area contributed by atoms with Crippen molar-refractivity contribution in [2.75, 3.05) is 0 Å². The summed E-state index contributed by atoms with van der Waals surface area (Å²) in [6.45, 7) is 1.68. The van der Waals surface area contributed by atoms with E-state index in [0.29, 0.717) is 26.1 Å². The van der Waals surface area contributed by atoms with Crippen molar-refractivity contribution in [1.82, 2.24) is 15.1 Å². The third-order valence-electron chi connectivity index (χ3n) is 2.88. The van der Waals surface area contributed by atoms with Crippen molar-refractivity contribution in [3.05, 3.63) is 53.9 Å². The molecule has 0 fully saturated rings. The average Bonchev–Trinajstić information content (AvgIpc) is 2.96. The van der Waals surface area contributed by atoms with E-state index in [0.717, 1.165) is 11.1 Å². The van der Waals surface area contributed by atoms with Gasteiger partial charge in [0.1, 0.15) is 0 Å². The fourth-order valence-electron chi connectivity index (χ4n) is 1.73. The van der Waals surface area contributed by atoms with E-state index in [1.165, 1.54) is 0 Å². The lowest BCUT2D eigenvalue weighted by atomic mass is 10.1. The highest BCUT2D eigenvalue weighted by atomic mass is 16.1. The molecule has 5 nitrogen and oxygen atoms in total. The Morgan fingerprint density at radius 3 is 2.63 bits per heavy atom. The molecule has 3 N–H and O–H groups in total. The maximum atomic E-state index is 11.7. The summed E-state index contributed by atoms with van der Waals surface area (Å²) in [7, 11) is 0. The zero-order valence-corrected chi connectivity index (χ0v) is 10.7. The van der Waals surface area contributed by atoms with Gasteiger partial charge in [0.2, 0.25) is 5.91 Å². The van der Waals surface area contributed by atoms with Crippen LogP contribution in [-0.2, 0) is 24.4 Å². The van der Waals surface area contributed by atoms with E-state index in [1.54, 1.807) is 10.9 Å². The number of nitrogens with zero attached hydrogens (tertiary/aromatic N) is 2. The maximum Gasteiger partial charge on any atom is 0.222 e. The van der Waals surface area contributed by atoms with Gasteiger partial charge < -0.3 is 11.1 Å². The number of aryl methyl sites for hydroxylation is 1. The van der Waals surface area contributed by atoms with Gasteiger partial charge in [-0.05, 0) is 17.2 Å². The molecule has 1 amide bonds. The first-order valence-electron chi connectivity index (χ1n) is 6.30. The van der Waals surface area contributed by atoms with Crippen molar-refractivity contribution < 1.29 is 4.79 Å². The zero-order chi connectivity index (χ0) is 13.5. The highest BCUT2D eigenvalue weighted by Gasteiger charge is 2.02. The molecule has 100 valence electrons. The van der Waals surface area contributed by atoms with Crippen molar-refractivity contribution in [2.24, 2.45) is 5.73 Å². The maximum absolute atomic E-state index is 11.7. The van der Waals surface area contributed by atoms with Crippen molar-refractivity contribution in [2.45, 2.75) is 26.1 Å². The predicted molar refractivity (Wildman–Crippen MR) is 73.0 cm³/mol. The van der Waals surface area contributed by atoms with Crippen LogP contribution in [0.3, 0.4) is 0 Å². The van der Waals surface area contributed by atoms with Gasteiger partial charge in [0.05, 0.1) is 0 Å². The lowest BCUT2D eigenvalue weighted by Gasteiger charge is -2.06. The minimum Gasteiger partial charge on any atom is -0.352 e. The Kier molecular flexibility index (Phi) is 4.69. The second kappa shape index (κ2) is 6.70. The van der Waals surface area contributed by atoms with Gasteiger partial charge in [0.25, 0.3) is 0 Å². The quantitative estimate of drug-likeness (QED) is 0.813. The highest BCUT2D eigenvalue weighted by Crippen LogP contribution is 2.03. The molecular formula is C14H18N4O. The third kappa shape index (κ3) is 4.22. The van der Waals surface area contributed by atoms with Gasteiger partial charge in [0, 0.05) is 38.4 Å². The number of amides is 1. The Morgan fingerprint density at radius 1 is 1.26 bits per heavy atom. The van der Waals surface area contributed by atoms with E-state index < -0.39 is 0 Å². The van der Waals surface area contributed by atoms with Crippen LogP contribution in [0.25, 0.3) is 0 Å². The molecule has 0 aliphatic heterocycles. The number of hydrogen-bond acceptors (Lipinski definition) is 3. The number of carbonyl (C=O) groups excluding carboxylic acids is 1. The fourth-order valence-corrected chi connectivity index (χ4v) is 1.73. The van der Waals surface area contributed by atoms with Crippen LogP contribution in [0.4, 0.5) is 0 Å². The molecule has 0 aliphatic carbocycles. The van der Waals surface area contributed by atoms with E-state index in [4.69, 9.17) is 5.73 Å². The molecule has 0 unspecified atom stereocenters. The molecule has 19 heavy (non-hydrogen) atoms. The molecule has 0 spiro atoms. The summed E-state index contributed by atoms with van der Waals surface area (Å²) in [6.07, 6.45) is 3.98. The SMILES string of the molecule is NCc1ccc(CNC(=O)CCn2cccn2)cc1. The molecule has 2 aromatic rings. The van der Waals surface area contributed by atoms with Gasteiger partial charge >= 0.3 is 0 Å². The topological polar surface area (TPSA) is 72.9 Å². The van der Waals surface area contributed by atoms with E-state index in [-0.39, 0.29) is 5.91 Å². The molecule has 0 atom stereocenters. The first-order valence-corrected chi connectivity index (χ1v) is 6.30. The second-order valence-corrected chi connectivity index (χ2v) is 4.32. The first-order chi connectivity index (χ1) is 9.28. The summed E-state index contributed by atoms with van der Waals surface area (Å²) < 4.78 is 1.75. The number of rotatable bonds is 6. The Balaban J connectivity index is 1.73. The van der Waals surface area contributed by atoms with E-state index >= 15 is 0 Å². The summed E-state index contributed by atoms with van der Waals surface area (Å²) in [5, 5.41) is 6.94. The molecule has 0 bridgehead atoms. The highest BCUT2D eigenvalue weighted by molar-refractivity contribution is 5.75. The number of hydrogen-bond donors (Lipinski definition) is 2. The molecule has 0 saturated heterocycles. The molecule has 2 rings (SSSR count). The zero-order valence-electron chi connectivity index (χ0n) is 10.7. The molecule has 0 aliphatic rings. The number of nitrogens with one attached hydrogen (secondary N) is 1. The van der Waals surface area contributed by atoms with Crippen LogP contribution in [0.15, 0.2) is 42.7 Å². The van der Waals surface area contributed by atoms with Gasteiger partial charge in [-0.1, -0.05) is 24.3 Å². The third-order valence-corrected chi connectivity index (χ3v) is 2.88. The molecular weight excluding hydrogens is 240 g/mol. The number of aromatic nitrogens is 2. The van der Waals surface area contributed by atoms with Crippen molar-refractivity contribution >= 4 is 5.91 Å². The monoisotopic (exact) mass is 258 g/mol. The normalized spacial score (nSPS) is 10.4. The van der Waals surface area contributed by atoms with E-state index in [2.05, 4.69) is 10.4 Å². The summed E-state index contributed by atoms with van der Waals surface area (Å²) in [5.41, 5.74) is 7.70. The van der Waals surface area contributed by atoms with Gasteiger partial charge in [-0.25, -0.2) is 0 Å². The number of carbonyl (C=O) groups is 1. The average molecular weight is 258 g/mol. The lowest BCUT2D eigenvalue weighted by molar-refractivity contribution is -0.121. The molecule has 1 aromatic heterocycles. The van der Waals surface area contributed by atoms with Crippen LogP contribution in [0, 0.1) is 0 Å². The molecule has 1 heterocycles. The predicted octanol–water partition coefficient (Wildman–Crippen LogP) is 1.05. The Hall–Kier alpha value is -2.14. The van der Waals surface area contributed by atoms with Gasteiger partial charge in [-0.2, -0.15) is 5.10 Å². The van der Waals surface area contributed by atoms with Crippen LogP contribution in [0.1, 0.15) is 17.5 Å². The van der Waals surface area contributed by atoms with Crippen molar-refractivity contribution in [3.8, 4) is 0 Å². The largest absolute Gasteiger partial charge is 0.352 e. The van der Waals surface area contributed by atoms with Crippen LogP contribution in [-0.4, -0.2) is 15.7 Å². The minimum atomic E-state index is 0.0263. The van der Waals surface area contributed by atoms with Crippen LogP contribution >= 0.6 is 0 Å². The summed E-state index contributed by atoms with van der Waals surface area (Å²) >= 11 is 0. The summed E-state index contributed by atoms with van der Waals surface area (Å²) in [6, 6.07) is 9.76. The molecule has 1 aromatic carbocycles. The van der Waals surface area contributed by atoms with Crippen molar-refractivity contribution in [3.63, 3.8) is 0 Å². The Morgan fingerprint density at radius 2 is 2.00 bits per heavy atom. The Labute approximate surface area is 112 Å². The van der Waals surface area contributed by atoms with Gasteiger partial charge in [-0.3, -0.25) is 9.48 Å². The van der Waals surface area contributed by atoms with Gasteiger partial charge in [0.15, 0.2) is 0 Å². The van der Waals surface area contributed by atoms with Crippen LogP contribution < -0.4 is 11.1 Å². The van der Waals surface area contributed by atoms with Gasteiger partial charge in [-0.15, -0.1) is 0 Å².